The van der Waals surface area contributed by atoms with Crippen molar-refractivity contribution >= 4 is 0 Å². The summed E-state index contributed by atoms with van der Waals surface area (Å²) in [5, 5.41) is 2.44. The van der Waals surface area contributed by atoms with E-state index in [1.54, 1.807) is 0 Å². The van der Waals surface area contributed by atoms with Gasteiger partial charge in [0.2, 0.25) is 0 Å². The second-order valence-electron chi connectivity index (χ2n) is 16.5. The second-order valence-corrected chi connectivity index (χ2v) is 16.5. The lowest BCUT2D eigenvalue weighted by atomic mass is 10.0. The maximum Gasteiger partial charge on any atom is 0.101 e. The molecule has 2 nitrogen and oxygen atoms in total. The Morgan fingerprint density at radius 1 is 0.340 bits per heavy atom. The Balaban J connectivity index is -0.00000106. The molecule has 0 radical (unpaired) electrons. The maximum atomic E-state index is 2.44. The van der Waals surface area contributed by atoms with Gasteiger partial charge in [-0.15, -0.1) is 0 Å². The fourth-order valence-corrected chi connectivity index (χ4v) is 7.89. The van der Waals surface area contributed by atoms with Crippen LogP contribution in [0.4, 0.5) is 0 Å². The third kappa shape index (κ3) is 41.6. The average molecular weight is 875 g/mol. The van der Waals surface area contributed by atoms with E-state index in [-0.39, 0.29) is 34.0 Å². The van der Waals surface area contributed by atoms with E-state index < -0.39 is 0 Å². The van der Waals surface area contributed by atoms with Gasteiger partial charge < -0.3 is 43.8 Å². The number of benzene rings is 1. The predicted molar refractivity (Wildman–Crippen MR) is 233 cm³/mol. The first-order valence-corrected chi connectivity index (χ1v) is 23.9. The number of quaternary nitrogens is 2. The highest BCUT2D eigenvalue weighted by atomic mass is 79.9. The zero-order valence-electron chi connectivity index (χ0n) is 37.0. The molecule has 0 saturated carbocycles. The quantitative estimate of drug-likeness (QED) is 0.0503. The zero-order chi connectivity index (χ0) is 37.2. The molecule has 1 rings (SSSR count). The third-order valence-electron chi connectivity index (χ3n) is 11.4. The van der Waals surface area contributed by atoms with Gasteiger partial charge in [-0.05, 0) is 64.2 Å². The molecule has 0 fully saturated rings. The Kier molecular flexibility index (Phi) is 52.3. The molecule has 2 N–H and O–H groups in total. The van der Waals surface area contributed by atoms with Crippen molar-refractivity contribution in [2.45, 2.75) is 247 Å². The standard InChI is InChI=1S/C32H68N.C17H29N.2BrH/c1-5-9-13-17-21-25-29-33(30-26-22-18-14-10-6-2,31-27-23-19-15-11-7-3)32-28-24-20-16-12-8-4;1-2-3-4-5-6-7-8-12-15-18-16-17-13-10-9-11-14-17;;/h5-32H2,1-4H3;9-11,13-14,18H,2-8,12,15-16H2,1H3;2*1H/q+1;;;/p-1. The minimum absolute atomic E-state index is 0. The SMILES string of the molecule is CCCCCCCCCC[NH2+]Cc1ccccc1.CCCCCCCC[N+](CCCCCCCC)(CCCCCCCC)CCCCCCCC.[Br-].[Br-]. The van der Waals surface area contributed by atoms with E-state index in [0.717, 1.165) is 6.54 Å². The summed E-state index contributed by atoms with van der Waals surface area (Å²) in [6, 6.07) is 10.8. The molecule has 0 atom stereocenters. The molecular weight excluding hydrogens is 776 g/mol. The van der Waals surface area contributed by atoms with E-state index in [0.29, 0.717) is 0 Å². The van der Waals surface area contributed by atoms with Crippen molar-refractivity contribution in [3.05, 3.63) is 35.9 Å². The van der Waals surface area contributed by atoms with Crippen molar-refractivity contribution in [2.24, 2.45) is 0 Å². The molecule has 318 valence electrons. The molecule has 0 spiro atoms. The van der Waals surface area contributed by atoms with Gasteiger partial charge in [0, 0.05) is 5.56 Å². The van der Waals surface area contributed by atoms with Crippen molar-refractivity contribution in [3.8, 4) is 0 Å². The molecule has 0 unspecified atom stereocenters. The summed E-state index contributed by atoms with van der Waals surface area (Å²) in [5.74, 6) is 0. The van der Waals surface area contributed by atoms with Crippen molar-refractivity contribution in [2.75, 3.05) is 32.7 Å². The first-order valence-electron chi connectivity index (χ1n) is 23.9. The van der Waals surface area contributed by atoms with Crippen molar-refractivity contribution in [1.82, 2.24) is 0 Å². The molecule has 0 saturated heterocycles. The monoisotopic (exact) mass is 873 g/mol. The molecule has 0 heterocycles. The summed E-state index contributed by atoms with van der Waals surface area (Å²) in [4.78, 5) is 0. The second kappa shape index (κ2) is 48.2. The lowest BCUT2D eigenvalue weighted by molar-refractivity contribution is -0.929. The topological polar surface area (TPSA) is 16.6 Å². The summed E-state index contributed by atoms with van der Waals surface area (Å²) in [6.45, 7) is 20.0. The Morgan fingerprint density at radius 3 is 0.906 bits per heavy atom. The number of nitrogens with two attached hydrogens (primary N) is 1. The molecule has 0 aliphatic carbocycles. The van der Waals surface area contributed by atoms with Gasteiger partial charge in [0.05, 0.1) is 32.7 Å². The lowest BCUT2D eigenvalue weighted by Crippen LogP contribution is -3.00. The summed E-state index contributed by atoms with van der Waals surface area (Å²) in [5.41, 5.74) is 1.44. The van der Waals surface area contributed by atoms with Crippen LogP contribution < -0.4 is 39.3 Å². The Hall–Kier alpha value is 0.1000. The highest BCUT2D eigenvalue weighted by Gasteiger charge is 2.25. The van der Waals surface area contributed by atoms with E-state index in [4.69, 9.17) is 0 Å². The van der Waals surface area contributed by atoms with Gasteiger partial charge in [0.1, 0.15) is 6.54 Å². The van der Waals surface area contributed by atoms with Crippen molar-refractivity contribution in [3.63, 3.8) is 0 Å². The first-order chi connectivity index (χ1) is 25.2. The van der Waals surface area contributed by atoms with Crippen LogP contribution in [0.15, 0.2) is 30.3 Å². The van der Waals surface area contributed by atoms with E-state index >= 15 is 0 Å². The molecule has 53 heavy (non-hydrogen) atoms. The van der Waals surface area contributed by atoms with Crippen LogP contribution >= 0.6 is 0 Å². The van der Waals surface area contributed by atoms with Gasteiger partial charge >= 0.3 is 0 Å². The molecule has 4 heteroatoms. The lowest BCUT2D eigenvalue weighted by Gasteiger charge is -2.40. The molecule has 1 aromatic carbocycles. The number of hydrogen-bond acceptors (Lipinski definition) is 0. The fraction of sp³-hybridized carbons (Fsp3) is 0.878. The summed E-state index contributed by atoms with van der Waals surface area (Å²) in [7, 11) is 0. The van der Waals surface area contributed by atoms with Gasteiger partial charge in [0.15, 0.2) is 0 Å². The molecular formula is C49H98Br2N2. The average Bonchev–Trinajstić information content (AvgIpc) is 3.15. The van der Waals surface area contributed by atoms with Crippen molar-refractivity contribution in [1.29, 1.82) is 0 Å². The van der Waals surface area contributed by atoms with Crippen LogP contribution in [0.2, 0.25) is 0 Å². The van der Waals surface area contributed by atoms with E-state index in [9.17, 15) is 0 Å². The first kappa shape index (κ1) is 57.4. The smallest absolute Gasteiger partial charge is 0.101 e. The van der Waals surface area contributed by atoms with Gasteiger partial charge in [-0.25, -0.2) is 0 Å². The van der Waals surface area contributed by atoms with Crippen LogP contribution in [-0.2, 0) is 6.54 Å². The normalized spacial score (nSPS) is 11.1. The van der Waals surface area contributed by atoms with Gasteiger partial charge in [-0.2, -0.15) is 0 Å². The maximum absolute atomic E-state index is 2.44. The van der Waals surface area contributed by atoms with E-state index in [1.807, 2.05) is 0 Å². The van der Waals surface area contributed by atoms with Gasteiger partial charge in [-0.1, -0.05) is 206 Å². The highest BCUT2D eigenvalue weighted by molar-refractivity contribution is 5.12. The fourth-order valence-electron chi connectivity index (χ4n) is 7.89. The Labute approximate surface area is 357 Å². The molecule has 0 aliphatic heterocycles. The number of halogens is 2. The van der Waals surface area contributed by atoms with Gasteiger partial charge in [-0.3, -0.25) is 0 Å². The summed E-state index contributed by atoms with van der Waals surface area (Å²) in [6.07, 6.45) is 46.1. The van der Waals surface area contributed by atoms with Crippen LogP contribution in [0.5, 0.6) is 0 Å². The van der Waals surface area contributed by atoms with Crippen LogP contribution in [-0.4, -0.2) is 37.2 Å². The summed E-state index contributed by atoms with van der Waals surface area (Å²) < 4.78 is 1.48. The molecule has 1 aromatic rings. The number of unbranched alkanes of at least 4 members (excludes halogenated alkanes) is 27. The molecule has 0 bridgehead atoms. The highest BCUT2D eigenvalue weighted by Crippen LogP contribution is 2.21. The van der Waals surface area contributed by atoms with E-state index in [2.05, 4.69) is 70.3 Å². The van der Waals surface area contributed by atoms with Crippen LogP contribution in [0.1, 0.15) is 246 Å². The largest absolute Gasteiger partial charge is 1.00 e. The Bertz CT molecular complexity index is 689. The number of hydrogen-bond donors (Lipinski definition) is 1. The number of rotatable bonds is 39. The summed E-state index contributed by atoms with van der Waals surface area (Å²) >= 11 is 0. The predicted octanol–water partition coefficient (Wildman–Crippen LogP) is 9.14. The van der Waals surface area contributed by atoms with Gasteiger partial charge in [0.25, 0.3) is 0 Å². The minimum Gasteiger partial charge on any atom is -1.00 e. The number of nitrogens with zero attached hydrogens (tertiary/aromatic N) is 1. The van der Waals surface area contributed by atoms with Crippen LogP contribution in [0.25, 0.3) is 0 Å². The van der Waals surface area contributed by atoms with Crippen LogP contribution in [0.3, 0.4) is 0 Å². The van der Waals surface area contributed by atoms with E-state index in [1.165, 1.54) is 248 Å². The molecule has 0 amide bonds. The molecule has 0 aromatic heterocycles. The molecule has 0 aliphatic rings. The van der Waals surface area contributed by atoms with Crippen LogP contribution in [0, 0.1) is 0 Å². The van der Waals surface area contributed by atoms with Crippen molar-refractivity contribution < 1.29 is 43.8 Å². The minimum atomic E-state index is 0. The zero-order valence-corrected chi connectivity index (χ0v) is 40.2. The third-order valence-corrected chi connectivity index (χ3v) is 11.4. The Morgan fingerprint density at radius 2 is 0.604 bits per heavy atom.